The van der Waals surface area contributed by atoms with E-state index in [4.69, 9.17) is 19.2 Å². The van der Waals surface area contributed by atoms with Crippen LogP contribution in [0.4, 0.5) is 17.5 Å². The number of aryl methyl sites for hydroxylation is 2. The maximum absolute atomic E-state index is 14.0. The first kappa shape index (κ1) is 55.0. The number of benzene rings is 1. The molecule has 21 heteroatoms. The number of carbonyl (C=O) groups excluding carboxylic acids is 4. The molecule has 75 heavy (non-hydrogen) atoms. The number of aliphatic hydroxyl groups is 1. The molecule has 2 aliphatic heterocycles. The van der Waals surface area contributed by atoms with Crippen LogP contribution in [-0.2, 0) is 35.1 Å². The molecule has 3 unspecified atom stereocenters. The second kappa shape index (κ2) is 25.1. The minimum atomic E-state index is -0.964. The van der Waals surface area contributed by atoms with Gasteiger partial charge in [-0.05, 0) is 67.9 Å². The highest BCUT2D eigenvalue weighted by Gasteiger charge is 2.44. The Kier molecular flexibility index (Phi) is 18.4. The summed E-state index contributed by atoms with van der Waals surface area (Å²) in [6, 6.07) is 9.94. The number of rotatable bonds is 22. The van der Waals surface area contributed by atoms with Gasteiger partial charge in [-0.1, -0.05) is 57.9 Å². The van der Waals surface area contributed by atoms with Crippen LogP contribution in [0, 0.1) is 19.3 Å². The van der Waals surface area contributed by atoms with Crippen LogP contribution in [0.25, 0.3) is 21.5 Å². The van der Waals surface area contributed by atoms with Crippen molar-refractivity contribution >= 4 is 63.3 Å². The number of likely N-dealkylation sites (tertiary alicyclic amines) is 1. The van der Waals surface area contributed by atoms with E-state index in [-0.39, 0.29) is 68.2 Å². The fraction of sp³-hybridized carbons (Fsp3) is 0.537. The zero-order valence-corrected chi connectivity index (χ0v) is 44.7. The number of piperazine rings is 1. The number of thiazole rings is 1. The fourth-order valence-corrected chi connectivity index (χ4v) is 10.9. The van der Waals surface area contributed by atoms with Crippen molar-refractivity contribution in [3.63, 3.8) is 0 Å². The van der Waals surface area contributed by atoms with Crippen LogP contribution in [-0.4, -0.2) is 160 Å². The molecule has 402 valence electrons. The first-order chi connectivity index (χ1) is 36.0. The second-order valence-electron chi connectivity index (χ2n) is 20.7. The van der Waals surface area contributed by atoms with Gasteiger partial charge in [-0.15, -0.1) is 11.3 Å². The Morgan fingerprint density at radius 2 is 1.59 bits per heavy atom. The van der Waals surface area contributed by atoms with E-state index in [1.807, 2.05) is 75.8 Å². The molecule has 0 radical (unpaired) electrons. The number of Topliss-reactive ketones (excluding diaryl/α,β-unsaturated/α-hetero) is 1. The predicted molar refractivity (Wildman–Crippen MR) is 286 cm³/mol. The molecule has 2 saturated heterocycles. The summed E-state index contributed by atoms with van der Waals surface area (Å²) in [5, 5.41) is 20.2. The number of β-amino-alcohol motifs (C(OH)–C–C–N with tert-alkyl or cyclic N) is 1. The maximum atomic E-state index is 14.0. The molecule has 20 nitrogen and oxygen atoms in total. The number of nitrogens with zero attached hydrogens (tertiary/aromatic N) is 8. The zero-order valence-electron chi connectivity index (χ0n) is 43.9. The summed E-state index contributed by atoms with van der Waals surface area (Å²) in [5.41, 5.74) is 6.09. The lowest BCUT2D eigenvalue weighted by atomic mass is 9.85. The molecule has 1 aromatic carbocycles. The van der Waals surface area contributed by atoms with Gasteiger partial charge in [-0.2, -0.15) is 4.98 Å². The van der Waals surface area contributed by atoms with Gasteiger partial charge in [0.25, 0.3) is 5.56 Å². The largest absolute Gasteiger partial charge is 0.391 e. The number of anilines is 3. The average molecular weight is 1050 g/mol. The van der Waals surface area contributed by atoms with Gasteiger partial charge in [0.15, 0.2) is 5.78 Å². The first-order valence-electron chi connectivity index (χ1n) is 26.0. The second-order valence-corrected chi connectivity index (χ2v) is 21.5. The van der Waals surface area contributed by atoms with E-state index in [2.05, 4.69) is 40.7 Å². The molecular weight excluding hydrogens is 979 g/mol. The molecule has 4 N–H and O–H groups in total. The number of amides is 3. The van der Waals surface area contributed by atoms with E-state index in [0.29, 0.717) is 48.2 Å². The molecular formula is C54H71N11O9S. The van der Waals surface area contributed by atoms with Gasteiger partial charge >= 0.3 is 0 Å². The average Bonchev–Trinajstić information content (AvgIpc) is 4.18. The Morgan fingerprint density at radius 1 is 0.880 bits per heavy atom. The highest BCUT2D eigenvalue weighted by Crippen LogP contribution is 2.33. The number of pyridine rings is 2. The Hall–Kier alpha value is -6.23. The third kappa shape index (κ3) is 13.8. The molecule has 1 saturated carbocycles. The number of aromatic nitrogens is 5. The number of hydrogen-bond acceptors (Lipinski definition) is 17. The molecule has 6 heterocycles. The van der Waals surface area contributed by atoms with Gasteiger partial charge in [0.1, 0.15) is 30.2 Å². The van der Waals surface area contributed by atoms with E-state index in [1.165, 1.54) is 11.8 Å². The minimum absolute atomic E-state index is 0.00250. The molecule has 0 bridgehead atoms. The number of fused-ring (bicyclic) bond motifs is 1. The molecule has 3 fully saturated rings. The van der Waals surface area contributed by atoms with Crippen molar-refractivity contribution in [2.75, 3.05) is 89.1 Å². The van der Waals surface area contributed by atoms with Crippen LogP contribution in [0.2, 0.25) is 0 Å². The van der Waals surface area contributed by atoms with Crippen molar-refractivity contribution in [2.24, 2.45) is 5.41 Å². The van der Waals surface area contributed by atoms with Gasteiger partial charge in [-0.3, -0.25) is 33.4 Å². The molecule has 0 spiro atoms. The highest BCUT2D eigenvalue weighted by molar-refractivity contribution is 7.13. The Balaban J connectivity index is 0.691. The Bertz CT molecular complexity index is 2840. The van der Waals surface area contributed by atoms with E-state index in [9.17, 15) is 29.1 Å². The maximum Gasteiger partial charge on any atom is 0.263 e. The number of carbonyl (C=O) groups is 4. The number of aliphatic hydroxyl groups excluding tert-OH is 1. The number of hydrogen-bond donors (Lipinski definition) is 4. The molecule has 3 atom stereocenters. The summed E-state index contributed by atoms with van der Waals surface area (Å²) in [6.45, 7) is 16.6. The van der Waals surface area contributed by atoms with Crippen molar-refractivity contribution < 1.29 is 38.5 Å². The first-order valence-corrected chi connectivity index (χ1v) is 26.8. The van der Waals surface area contributed by atoms with Gasteiger partial charge < -0.3 is 45.1 Å². The van der Waals surface area contributed by atoms with Gasteiger partial charge in [0.05, 0.1) is 72.7 Å². The summed E-state index contributed by atoms with van der Waals surface area (Å²) >= 11 is 1.57. The molecule has 8 rings (SSSR count). The molecule has 1 aliphatic carbocycles. The van der Waals surface area contributed by atoms with E-state index in [1.54, 1.807) is 29.0 Å². The lowest BCUT2D eigenvalue weighted by Gasteiger charge is -2.35. The lowest BCUT2D eigenvalue weighted by molar-refractivity contribution is -0.144. The standard InChI is InChI=1S/C54H71N11O9S/c1-34-42-30-57-53(61-49(42)65(39-9-7-8-10-39)51(70)46(34)36(3)66)59-44-16-15-40(29-55-44)63-19-17-62(18-20-63)21-22-72-23-24-73-25-26-74-32-45(68)60-48(54(4,5)6)52(71)64-31-41(67)27-43(64)50(69)56-28-37-11-13-38(14-12-37)47-35(2)58-33-75-47/h11-16,29-30,33,39,41,43,48,67H,7-10,17-28,31-32H2,1-6H3,(H,56,69)(H,60,68)(H,55,57,59,61). The number of ketones is 1. The fourth-order valence-electron chi connectivity index (χ4n) is 10.1. The third-order valence-electron chi connectivity index (χ3n) is 14.2. The van der Waals surface area contributed by atoms with Crippen molar-refractivity contribution in [2.45, 2.75) is 104 Å². The van der Waals surface area contributed by atoms with Gasteiger partial charge in [-0.25, -0.2) is 15.0 Å². The molecule has 3 amide bonds. The summed E-state index contributed by atoms with van der Waals surface area (Å²) in [4.78, 5) is 91.9. The normalized spacial score (nSPS) is 17.9. The summed E-state index contributed by atoms with van der Waals surface area (Å²) in [6.07, 6.45) is 6.55. The van der Waals surface area contributed by atoms with Crippen molar-refractivity contribution in [3.8, 4) is 10.4 Å². The Labute approximate surface area is 441 Å². The molecule has 3 aliphatic rings. The molecule has 4 aromatic heterocycles. The van der Waals surface area contributed by atoms with Crippen molar-refractivity contribution in [1.82, 2.24) is 44.9 Å². The minimum Gasteiger partial charge on any atom is -0.391 e. The number of ether oxygens (including phenoxy) is 3. The lowest BCUT2D eigenvalue weighted by Crippen LogP contribution is -2.58. The van der Waals surface area contributed by atoms with Crippen LogP contribution < -0.4 is 26.4 Å². The van der Waals surface area contributed by atoms with E-state index < -0.39 is 35.4 Å². The van der Waals surface area contributed by atoms with Crippen LogP contribution in [0.15, 0.2) is 59.1 Å². The smallest absolute Gasteiger partial charge is 0.263 e. The Morgan fingerprint density at radius 3 is 2.24 bits per heavy atom. The molecule has 5 aromatic rings. The highest BCUT2D eigenvalue weighted by atomic mass is 32.1. The monoisotopic (exact) mass is 1050 g/mol. The van der Waals surface area contributed by atoms with Gasteiger partial charge in [0.2, 0.25) is 23.7 Å². The predicted octanol–water partition coefficient (Wildman–Crippen LogP) is 4.97. The van der Waals surface area contributed by atoms with Crippen LogP contribution in [0.5, 0.6) is 0 Å². The van der Waals surface area contributed by atoms with E-state index in [0.717, 1.165) is 85.8 Å². The van der Waals surface area contributed by atoms with Crippen molar-refractivity contribution in [1.29, 1.82) is 0 Å². The van der Waals surface area contributed by atoms with Crippen molar-refractivity contribution in [3.05, 3.63) is 87.0 Å². The third-order valence-corrected chi connectivity index (χ3v) is 15.2. The quantitative estimate of drug-likeness (QED) is 0.0529. The summed E-state index contributed by atoms with van der Waals surface area (Å²) in [5.74, 6) is -0.627. The van der Waals surface area contributed by atoms with Crippen LogP contribution >= 0.6 is 11.3 Å². The topological polar surface area (TPSA) is 236 Å². The summed E-state index contributed by atoms with van der Waals surface area (Å²) < 4.78 is 18.8. The van der Waals surface area contributed by atoms with Crippen LogP contribution in [0.1, 0.15) is 93.0 Å². The SMILES string of the molecule is CC(=O)c1c(C)c2cnc(Nc3ccc(N4CCN(CCOCCOCCOCC(=O)NC(C(=O)N5CC(O)CC5C(=O)NCc5ccc(-c6scnc6C)cc5)C(C)(C)C)CC4)cn3)nc2n(C2CCCC2)c1=O. The van der Waals surface area contributed by atoms with Gasteiger partial charge in [0, 0.05) is 69.9 Å². The zero-order chi connectivity index (χ0) is 53.2. The summed E-state index contributed by atoms with van der Waals surface area (Å²) in [7, 11) is 0. The number of nitrogens with one attached hydrogen (secondary N) is 3. The van der Waals surface area contributed by atoms with Crippen LogP contribution in [0.3, 0.4) is 0 Å². The van der Waals surface area contributed by atoms with E-state index >= 15 is 0 Å².